The van der Waals surface area contributed by atoms with Crippen LogP contribution in [0.15, 0.2) is 18.2 Å². The van der Waals surface area contributed by atoms with E-state index in [0.717, 1.165) is 13.0 Å². The lowest BCUT2D eigenvalue weighted by molar-refractivity contribution is -0.119. The smallest absolute Gasteiger partial charge is 0.229 e. The summed E-state index contributed by atoms with van der Waals surface area (Å²) in [6.07, 6.45) is 0.869. The molecule has 92 valence electrons. The predicted octanol–water partition coefficient (Wildman–Crippen LogP) is 2.93. The van der Waals surface area contributed by atoms with Crippen molar-refractivity contribution in [2.45, 2.75) is 19.4 Å². The van der Waals surface area contributed by atoms with Crippen LogP contribution in [0.25, 0.3) is 0 Å². The van der Waals surface area contributed by atoms with Gasteiger partial charge in [0.15, 0.2) is 0 Å². The Morgan fingerprint density at radius 1 is 1.41 bits per heavy atom. The summed E-state index contributed by atoms with van der Waals surface area (Å²) in [7, 11) is 0. The van der Waals surface area contributed by atoms with Crippen molar-refractivity contribution in [1.82, 2.24) is 5.32 Å². The second-order valence-corrected chi connectivity index (χ2v) is 5.07. The van der Waals surface area contributed by atoms with E-state index in [2.05, 4.69) is 10.6 Å². The van der Waals surface area contributed by atoms with Crippen molar-refractivity contribution < 1.29 is 4.79 Å². The van der Waals surface area contributed by atoms with Crippen molar-refractivity contribution in [2.75, 3.05) is 11.9 Å². The maximum absolute atomic E-state index is 12.0. The molecule has 3 nitrogen and oxygen atoms in total. The summed E-state index contributed by atoms with van der Waals surface area (Å²) in [6.45, 7) is 2.91. The molecule has 1 aliphatic heterocycles. The van der Waals surface area contributed by atoms with E-state index >= 15 is 0 Å². The second kappa shape index (κ2) is 5.25. The largest absolute Gasteiger partial charge is 0.326 e. The third-order valence-corrected chi connectivity index (χ3v) is 3.79. The van der Waals surface area contributed by atoms with Gasteiger partial charge in [0.05, 0.1) is 16.0 Å². The van der Waals surface area contributed by atoms with Gasteiger partial charge >= 0.3 is 0 Å². The Morgan fingerprint density at radius 3 is 2.76 bits per heavy atom. The Morgan fingerprint density at radius 2 is 2.18 bits per heavy atom. The highest BCUT2D eigenvalue weighted by molar-refractivity contribution is 6.42. The SMILES string of the molecule is CC1NCCC1C(=O)Nc1ccc(Cl)c(Cl)c1. The molecular formula is C12H14Cl2N2O. The molecule has 2 unspecified atom stereocenters. The first-order chi connectivity index (χ1) is 8.08. The van der Waals surface area contributed by atoms with Gasteiger partial charge in [0.1, 0.15) is 0 Å². The fraction of sp³-hybridized carbons (Fsp3) is 0.417. The molecule has 1 fully saturated rings. The Kier molecular flexibility index (Phi) is 3.92. The Hall–Kier alpha value is -0.770. The Balaban J connectivity index is 2.05. The normalized spacial score (nSPS) is 23.7. The number of carbonyl (C=O) groups is 1. The topological polar surface area (TPSA) is 41.1 Å². The van der Waals surface area contributed by atoms with Crippen LogP contribution in [0.4, 0.5) is 5.69 Å². The molecule has 2 atom stereocenters. The van der Waals surface area contributed by atoms with Gasteiger partial charge in [-0.3, -0.25) is 4.79 Å². The number of halogens is 2. The number of hydrogen-bond donors (Lipinski definition) is 2. The third-order valence-electron chi connectivity index (χ3n) is 3.05. The van der Waals surface area contributed by atoms with E-state index in [4.69, 9.17) is 23.2 Å². The summed E-state index contributed by atoms with van der Waals surface area (Å²) in [6, 6.07) is 5.31. The molecular weight excluding hydrogens is 259 g/mol. The number of carbonyl (C=O) groups excluding carboxylic acids is 1. The van der Waals surface area contributed by atoms with E-state index < -0.39 is 0 Å². The standard InChI is InChI=1S/C12H14Cl2N2O/c1-7-9(4-5-15-7)12(17)16-8-2-3-10(13)11(14)6-8/h2-3,6-7,9,15H,4-5H2,1H3,(H,16,17). The lowest BCUT2D eigenvalue weighted by Crippen LogP contribution is -2.32. The summed E-state index contributed by atoms with van der Waals surface area (Å²) in [5, 5.41) is 7.04. The van der Waals surface area contributed by atoms with Crippen LogP contribution < -0.4 is 10.6 Å². The first-order valence-corrected chi connectivity index (χ1v) is 6.33. The molecule has 2 N–H and O–H groups in total. The van der Waals surface area contributed by atoms with Gasteiger partial charge in [0, 0.05) is 11.7 Å². The molecule has 1 aromatic rings. The molecule has 0 spiro atoms. The van der Waals surface area contributed by atoms with Crippen LogP contribution in [0.5, 0.6) is 0 Å². The zero-order valence-electron chi connectivity index (χ0n) is 9.47. The van der Waals surface area contributed by atoms with Crippen LogP contribution in [-0.2, 0) is 4.79 Å². The van der Waals surface area contributed by atoms with Crippen molar-refractivity contribution in [3.8, 4) is 0 Å². The van der Waals surface area contributed by atoms with Gasteiger partial charge in [-0.2, -0.15) is 0 Å². The van der Waals surface area contributed by atoms with E-state index in [1.54, 1.807) is 18.2 Å². The summed E-state index contributed by atoms with van der Waals surface area (Å²) < 4.78 is 0. The Labute approximate surface area is 110 Å². The van der Waals surface area contributed by atoms with Gasteiger partial charge in [-0.1, -0.05) is 23.2 Å². The number of hydrogen-bond acceptors (Lipinski definition) is 2. The maximum Gasteiger partial charge on any atom is 0.229 e. The van der Waals surface area contributed by atoms with Crippen molar-refractivity contribution >= 4 is 34.8 Å². The molecule has 2 rings (SSSR count). The van der Waals surface area contributed by atoms with Gasteiger partial charge in [-0.15, -0.1) is 0 Å². The number of anilines is 1. The van der Waals surface area contributed by atoms with Gasteiger partial charge in [-0.25, -0.2) is 0 Å². The summed E-state index contributed by atoms with van der Waals surface area (Å²) in [4.78, 5) is 12.0. The number of nitrogens with one attached hydrogen (secondary N) is 2. The molecule has 0 aromatic heterocycles. The van der Waals surface area contributed by atoms with Crippen LogP contribution in [0.2, 0.25) is 10.0 Å². The van der Waals surface area contributed by atoms with Crippen molar-refractivity contribution in [3.63, 3.8) is 0 Å². The monoisotopic (exact) mass is 272 g/mol. The van der Waals surface area contributed by atoms with Crippen LogP contribution in [0.3, 0.4) is 0 Å². The zero-order chi connectivity index (χ0) is 12.4. The lowest BCUT2D eigenvalue weighted by Gasteiger charge is -2.15. The van der Waals surface area contributed by atoms with Crippen molar-refractivity contribution in [2.24, 2.45) is 5.92 Å². The molecule has 1 amide bonds. The average Bonchev–Trinajstić information content (AvgIpc) is 2.70. The van der Waals surface area contributed by atoms with Gasteiger partial charge in [-0.05, 0) is 38.1 Å². The highest BCUT2D eigenvalue weighted by atomic mass is 35.5. The van der Waals surface area contributed by atoms with Gasteiger partial charge in [0.25, 0.3) is 0 Å². The summed E-state index contributed by atoms with van der Waals surface area (Å²) in [5.74, 6) is 0.0466. The maximum atomic E-state index is 12.0. The lowest BCUT2D eigenvalue weighted by atomic mass is 10.0. The third kappa shape index (κ3) is 2.92. The Bertz CT molecular complexity index is 437. The quantitative estimate of drug-likeness (QED) is 0.869. The summed E-state index contributed by atoms with van der Waals surface area (Å²) in [5.41, 5.74) is 0.684. The first kappa shape index (κ1) is 12.7. The van der Waals surface area contributed by atoms with E-state index in [1.165, 1.54) is 0 Å². The first-order valence-electron chi connectivity index (χ1n) is 5.57. The minimum atomic E-state index is 0.0180. The number of amides is 1. The highest BCUT2D eigenvalue weighted by Gasteiger charge is 2.29. The van der Waals surface area contributed by atoms with E-state index in [0.29, 0.717) is 15.7 Å². The molecule has 1 saturated heterocycles. The molecule has 0 saturated carbocycles. The van der Waals surface area contributed by atoms with Gasteiger partial charge in [0.2, 0.25) is 5.91 Å². The molecule has 1 aromatic carbocycles. The van der Waals surface area contributed by atoms with Crippen LogP contribution in [0, 0.1) is 5.92 Å². The molecule has 0 radical (unpaired) electrons. The highest BCUT2D eigenvalue weighted by Crippen LogP contribution is 2.26. The number of rotatable bonds is 2. The molecule has 0 bridgehead atoms. The van der Waals surface area contributed by atoms with E-state index in [9.17, 15) is 4.79 Å². The summed E-state index contributed by atoms with van der Waals surface area (Å²) >= 11 is 11.7. The average molecular weight is 273 g/mol. The zero-order valence-corrected chi connectivity index (χ0v) is 11.0. The fourth-order valence-corrected chi connectivity index (χ4v) is 2.32. The van der Waals surface area contributed by atoms with E-state index in [-0.39, 0.29) is 17.9 Å². The molecule has 0 aliphatic carbocycles. The van der Waals surface area contributed by atoms with Crippen LogP contribution in [0.1, 0.15) is 13.3 Å². The van der Waals surface area contributed by atoms with Crippen molar-refractivity contribution in [3.05, 3.63) is 28.2 Å². The predicted molar refractivity (Wildman–Crippen MR) is 70.7 cm³/mol. The minimum Gasteiger partial charge on any atom is -0.326 e. The van der Waals surface area contributed by atoms with Crippen LogP contribution in [-0.4, -0.2) is 18.5 Å². The minimum absolute atomic E-state index is 0.0180. The van der Waals surface area contributed by atoms with Crippen molar-refractivity contribution in [1.29, 1.82) is 0 Å². The molecule has 17 heavy (non-hydrogen) atoms. The molecule has 1 aliphatic rings. The van der Waals surface area contributed by atoms with E-state index in [1.807, 2.05) is 6.92 Å². The fourth-order valence-electron chi connectivity index (χ4n) is 2.03. The molecule has 1 heterocycles. The number of benzene rings is 1. The van der Waals surface area contributed by atoms with Crippen LogP contribution >= 0.6 is 23.2 Å². The van der Waals surface area contributed by atoms with Gasteiger partial charge < -0.3 is 10.6 Å². The molecule has 5 heteroatoms. The second-order valence-electron chi connectivity index (χ2n) is 4.26.